The zero-order chi connectivity index (χ0) is 12.2. The lowest BCUT2D eigenvalue weighted by atomic mass is 10.1. The summed E-state index contributed by atoms with van der Waals surface area (Å²) in [5.74, 6) is 1.27. The summed E-state index contributed by atoms with van der Waals surface area (Å²) in [4.78, 5) is 2.12. The van der Waals surface area contributed by atoms with Crippen LogP contribution < -0.4 is 5.73 Å². The van der Waals surface area contributed by atoms with E-state index in [1.54, 1.807) is 0 Å². The largest absolute Gasteiger partial charge is 0.329 e. The van der Waals surface area contributed by atoms with Gasteiger partial charge in [0.05, 0.1) is 5.75 Å². The van der Waals surface area contributed by atoms with Crippen LogP contribution in [-0.2, 0) is 9.84 Å². The molecule has 2 N–H and O–H groups in total. The van der Waals surface area contributed by atoms with Crippen LogP contribution in [0.4, 0.5) is 0 Å². The SMILES string of the molecule is CCCS(=O)(=O)CCN(C)C(CN)C1CC1.Cl. The second-order valence-electron chi connectivity index (χ2n) is 4.77. The zero-order valence-corrected chi connectivity index (χ0v) is 12.4. The molecule has 0 spiro atoms. The highest BCUT2D eigenvalue weighted by atomic mass is 35.5. The third-order valence-corrected chi connectivity index (χ3v) is 5.08. The van der Waals surface area contributed by atoms with Crippen LogP contribution in [-0.4, -0.2) is 51.0 Å². The Labute approximate surface area is 111 Å². The van der Waals surface area contributed by atoms with Gasteiger partial charge in [-0.3, -0.25) is 0 Å². The molecule has 1 atom stereocenters. The minimum atomic E-state index is -2.86. The molecule has 0 aromatic carbocycles. The smallest absolute Gasteiger partial charge is 0.151 e. The molecule has 0 bridgehead atoms. The van der Waals surface area contributed by atoms with Crippen LogP contribution >= 0.6 is 12.4 Å². The Bertz CT molecular complexity index is 305. The molecule has 17 heavy (non-hydrogen) atoms. The van der Waals surface area contributed by atoms with Crippen molar-refractivity contribution in [1.82, 2.24) is 4.90 Å². The topological polar surface area (TPSA) is 63.4 Å². The predicted octanol–water partition coefficient (Wildman–Crippen LogP) is 0.902. The lowest BCUT2D eigenvalue weighted by Gasteiger charge is -2.26. The lowest BCUT2D eigenvalue weighted by Crippen LogP contribution is -2.42. The van der Waals surface area contributed by atoms with Crippen molar-refractivity contribution in [3.8, 4) is 0 Å². The summed E-state index contributed by atoms with van der Waals surface area (Å²) in [5, 5.41) is 0. The average Bonchev–Trinajstić information content (AvgIpc) is 3.00. The summed E-state index contributed by atoms with van der Waals surface area (Å²) >= 11 is 0. The minimum absolute atomic E-state index is 0. The average molecular weight is 285 g/mol. The standard InChI is InChI=1S/C11H24N2O2S.ClH/c1-3-7-16(14,15)8-6-13(2)11(9-12)10-4-5-10;/h10-11H,3-9,12H2,1-2H3;1H. The number of nitrogens with two attached hydrogens (primary N) is 1. The Kier molecular flexibility index (Phi) is 7.63. The Hall–Kier alpha value is 0.160. The van der Waals surface area contributed by atoms with Crippen molar-refractivity contribution in [3.63, 3.8) is 0 Å². The van der Waals surface area contributed by atoms with E-state index in [0.717, 1.165) is 0 Å². The maximum absolute atomic E-state index is 11.6. The Morgan fingerprint density at radius 2 is 1.94 bits per heavy atom. The van der Waals surface area contributed by atoms with E-state index in [0.29, 0.717) is 37.2 Å². The van der Waals surface area contributed by atoms with E-state index in [-0.39, 0.29) is 18.2 Å². The van der Waals surface area contributed by atoms with Crippen molar-refractivity contribution >= 4 is 22.2 Å². The van der Waals surface area contributed by atoms with E-state index in [1.807, 2.05) is 14.0 Å². The molecule has 0 aliphatic heterocycles. The molecule has 6 heteroatoms. The van der Waals surface area contributed by atoms with Crippen LogP contribution in [0, 0.1) is 5.92 Å². The fourth-order valence-electron chi connectivity index (χ4n) is 2.08. The first-order valence-corrected chi connectivity index (χ1v) is 7.93. The number of halogens is 1. The van der Waals surface area contributed by atoms with Crippen LogP contribution in [0.2, 0.25) is 0 Å². The van der Waals surface area contributed by atoms with E-state index in [9.17, 15) is 8.42 Å². The molecule has 0 aromatic rings. The van der Waals surface area contributed by atoms with Gasteiger partial charge >= 0.3 is 0 Å². The van der Waals surface area contributed by atoms with Crippen molar-refractivity contribution in [1.29, 1.82) is 0 Å². The highest BCUT2D eigenvalue weighted by molar-refractivity contribution is 7.91. The highest BCUT2D eigenvalue weighted by Gasteiger charge is 2.32. The predicted molar refractivity (Wildman–Crippen MR) is 74.4 cm³/mol. The van der Waals surface area contributed by atoms with Gasteiger partial charge in [0.2, 0.25) is 0 Å². The molecule has 1 aliphatic rings. The van der Waals surface area contributed by atoms with Gasteiger partial charge in [-0.15, -0.1) is 12.4 Å². The Morgan fingerprint density at radius 1 is 1.35 bits per heavy atom. The van der Waals surface area contributed by atoms with Gasteiger partial charge in [-0.1, -0.05) is 6.92 Å². The molecule has 4 nitrogen and oxygen atoms in total. The number of likely N-dealkylation sites (N-methyl/N-ethyl adjacent to an activating group) is 1. The fourth-order valence-corrected chi connectivity index (χ4v) is 3.47. The van der Waals surface area contributed by atoms with Crippen molar-refractivity contribution in [2.75, 3.05) is 31.6 Å². The quantitative estimate of drug-likeness (QED) is 0.719. The Morgan fingerprint density at radius 3 is 2.35 bits per heavy atom. The van der Waals surface area contributed by atoms with E-state index in [1.165, 1.54) is 12.8 Å². The number of hydrogen-bond acceptors (Lipinski definition) is 4. The van der Waals surface area contributed by atoms with Gasteiger partial charge in [0, 0.05) is 24.9 Å². The first-order valence-electron chi connectivity index (χ1n) is 6.11. The molecule has 0 heterocycles. The maximum Gasteiger partial charge on any atom is 0.151 e. The summed E-state index contributed by atoms with van der Waals surface area (Å²) < 4.78 is 23.1. The normalized spacial score (nSPS) is 17.9. The molecule has 0 saturated heterocycles. The van der Waals surface area contributed by atoms with Crippen LogP contribution in [0.5, 0.6) is 0 Å². The second-order valence-corrected chi connectivity index (χ2v) is 7.08. The molecule has 1 unspecified atom stereocenters. The third-order valence-electron chi connectivity index (χ3n) is 3.24. The summed E-state index contributed by atoms with van der Waals surface area (Å²) in [7, 11) is -0.873. The van der Waals surface area contributed by atoms with Crippen LogP contribution in [0.15, 0.2) is 0 Å². The molecule has 0 radical (unpaired) electrons. The number of sulfone groups is 1. The third kappa shape index (κ3) is 6.04. The maximum atomic E-state index is 11.6. The monoisotopic (exact) mass is 284 g/mol. The molecule has 1 rings (SSSR count). The Balaban J connectivity index is 0.00000256. The first-order chi connectivity index (χ1) is 7.50. The van der Waals surface area contributed by atoms with Crippen molar-refractivity contribution < 1.29 is 8.42 Å². The molecular weight excluding hydrogens is 260 g/mol. The molecule has 0 amide bonds. The lowest BCUT2D eigenvalue weighted by molar-refractivity contribution is 0.235. The highest BCUT2D eigenvalue weighted by Crippen LogP contribution is 2.34. The first kappa shape index (κ1) is 17.2. The second kappa shape index (κ2) is 7.56. The van der Waals surface area contributed by atoms with Gasteiger partial charge in [-0.25, -0.2) is 8.42 Å². The van der Waals surface area contributed by atoms with E-state index in [4.69, 9.17) is 5.73 Å². The van der Waals surface area contributed by atoms with Crippen molar-refractivity contribution in [2.24, 2.45) is 11.7 Å². The molecule has 0 aromatic heterocycles. The van der Waals surface area contributed by atoms with Gasteiger partial charge in [0.1, 0.15) is 0 Å². The van der Waals surface area contributed by atoms with E-state index >= 15 is 0 Å². The van der Waals surface area contributed by atoms with E-state index < -0.39 is 9.84 Å². The molecule has 1 fully saturated rings. The summed E-state index contributed by atoms with van der Waals surface area (Å²) in [6, 6.07) is 0.372. The van der Waals surface area contributed by atoms with E-state index in [2.05, 4.69) is 4.90 Å². The van der Waals surface area contributed by atoms with Gasteiger partial charge in [-0.2, -0.15) is 0 Å². The zero-order valence-electron chi connectivity index (χ0n) is 10.8. The fraction of sp³-hybridized carbons (Fsp3) is 1.00. The molecule has 1 aliphatic carbocycles. The summed E-state index contributed by atoms with van der Waals surface area (Å²) in [5.41, 5.74) is 5.72. The summed E-state index contributed by atoms with van der Waals surface area (Å²) in [6.45, 7) is 3.14. The number of rotatable bonds is 8. The van der Waals surface area contributed by atoms with Crippen LogP contribution in [0.25, 0.3) is 0 Å². The van der Waals surface area contributed by atoms with Crippen LogP contribution in [0.1, 0.15) is 26.2 Å². The summed E-state index contributed by atoms with van der Waals surface area (Å²) in [6.07, 6.45) is 3.19. The minimum Gasteiger partial charge on any atom is -0.329 e. The number of nitrogens with zero attached hydrogens (tertiary/aromatic N) is 1. The number of hydrogen-bond donors (Lipinski definition) is 1. The van der Waals surface area contributed by atoms with Gasteiger partial charge < -0.3 is 10.6 Å². The molecule has 1 saturated carbocycles. The molecule has 104 valence electrons. The molecular formula is C11H25ClN2O2S. The van der Waals surface area contributed by atoms with Gasteiger partial charge in [0.25, 0.3) is 0 Å². The van der Waals surface area contributed by atoms with Crippen molar-refractivity contribution in [2.45, 2.75) is 32.2 Å². The van der Waals surface area contributed by atoms with Gasteiger partial charge in [0.15, 0.2) is 9.84 Å². The van der Waals surface area contributed by atoms with Gasteiger partial charge in [-0.05, 0) is 32.2 Å². The van der Waals surface area contributed by atoms with Crippen LogP contribution in [0.3, 0.4) is 0 Å². The van der Waals surface area contributed by atoms with Crippen molar-refractivity contribution in [3.05, 3.63) is 0 Å².